The first kappa shape index (κ1) is 17.1. The highest BCUT2D eigenvalue weighted by Gasteiger charge is 2.18. The standard InChI is InChI=1S/C18H20ClN5O2/c19-14-3-4-16-15(13-14)24(18(25)26-16)8-2-7-22-9-11-23(12-10-22)17-20-5-1-6-21-17/h1,3-6,13H,2,7-12H2. The molecule has 0 radical (unpaired) electrons. The third kappa shape index (κ3) is 3.59. The molecule has 0 aliphatic carbocycles. The monoisotopic (exact) mass is 373 g/mol. The lowest BCUT2D eigenvalue weighted by Crippen LogP contribution is -2.47. The maximum Gasteiger partial charge on any atom is 0.419 e. The fourth-order valence-corrected chi connectivity index (χ4v) is 3.49. The lowest BCUT2D eigenvalue weighted by atomic mass is 10.3. The molecule has 7 nitrogen and oxygen atoms in total. The number of hydrogen-bond donors (Lipinski definition) is 0. The van der Waals surface area contributed by atoms with Crippen LogP contribution < -0.4 is 10.7 Å². The summed E-state index contributed by atoms with van der Waals surface area (Å²) in [6, 6.07) is 7.07. The van der Waals surface area contributed by atoms with Crippen molar-refractivity contribution in [2.75, 3.05) is 37.6 Å². The van der Waals surface area contributed by atoms with Crippen LogP contribution in [0.1, 0.15) is 6.42 Å². The van der Waals surface area contributed by atoms with Gasteiger partial charge in [0.2, 0.25) is 5.95 Å². The Labute approximate surface area is 155 Å². The number of fused-ring (bicyclic) bond motifs is 1. The maximum absolute atomic E-state index is 12.1. The first-order valence-electron chi connectivity index (χ1n) is 8.74. The molecule has 0 bridgehead atoms. The number of benzene rings is 1. The van der Waals surface area contributed by atoms with Gasteiger partial charge in [0.1, 0.15) is 0 Å². The van der Waals surface area contributed by atoms with Gasteiger partial charge in [-0.05, 0) is 37.2 Å². The van der Waals surface area contributed by atoms with E-state index in [0.29, 0.717) is 17.2 Å². The molecule has 3 heterocycles. The van der Waals surface area contributed by atoms with Gasteiger partial charge in [0.15, 0.2) is 5.58 Å². The van der Waals surface area contributed by atoms with Crippen LogP contribution >= 0.6 is 11.6 Å². The molecule has 1 aliphatic rings. The molecule has 0 unspecified atom stereocenters. The van der Waals surface area contributed by atoms with Crippen molar-refractivity contribution in [1.29, 1.82) is 0 Å². The van der Waals surface area contributed by atoms with E-state index in [9.17, 15) is 4.79 Å². The predicted octanol–water partition coefficient (Wildman–Crippen LogP) is 2.25. The molecule has 0 saturated carbocycles. The van der Waals surface area contributed by atoms with Gasteiger partial charge < -0.3 is 9.32 Å². The van der Waals surface area contributed by atoms with Crippen LogP contribution in [0.3, 0.4) is 0 Å². The summed E-state index contributed by atoms with van der Waals surface area (Å²) >= 11 is 6.04. The fraction of sp³-hybridized carbons (Fsp3) is 0.389. The zero-order valence-corrected chi connectivity index (χ0v) is 15.1. The zero-order valence-electron chi connectivity index (χ0n) is 14.3. The summed E-state index contributed by atoms with van der Waals surface area (Å²) in [7, 11) is 0. The van der Waals surface area contributed by atoms with Gasteiger partial charge in [-0.15, -0.1) is 0 Å². The minimum absolute atomic E-state index is 0.326. The lowest BCUT2D eigenvalue weighted by molar-refractivity contribution is 0.248. The van der Waals surface area contributed by atoms with Crippen molar-refractivity contribution in [2.45, 2.75) is 13.0 Å². The van der Waals surface area contributed by atoms with Crippen LogP contribution in [0.15, 0.2) is 45.9 Å². The Bertz CT molecular complexity index is 932. The summed E-state index contributed by atoms with van der Waals surface area (Å²) in [5, 5.41) is 0.603. The summed E-state index contributed by atoms with van der Waals surface area (Å²) in [6.45, 7) is 5.30. The van der Waals surface area contributed by atoms with E-state index in [1.165, 1.54) is 0 Å². The molecular weight excluding hydrogens is 354 g/mol. The molecule has 0 spiro atoms. The van der Waals surface area contributed by atoms with Crippen LogP contribution in [0.2, 0.25) is 5.02 Å². The van der Waals surface area contributed by atoms with Crippen molar-refractivity contribution >= 4 is 28.6 Å². The number of piperazine rings is 1. The number of aryl methyl sites for hydroxylation is 1. The first-order valence-corrected chi connectivity index (χ1v) is 9.12. The normalized spacial score (nSPS) is 15.7. The average Bonchev–Trinajstić information content (AvgIpc) is 2.98. The predicted molar refractivity (Wildman–Crippen MR) is 101 cm³/mol. The summed E-state index contributed by atoms with van der Waals surface area (Å²) in [5.74, 6) is 0.466. The molecule has 0 amide bonds. The van der Waals surface area contributed by atoms with E-state index in [2.05, 4.69) is 19.8 Å². The molecule has 1 saturated heterocycles. The molecular formula is C18H20ClN5O2. The van der Waals surface area contributed by atoms with Crippen molar-refractivity contribution in [3.8, 4) is 0 Å². The minimum Gasteiger partial charge on any atom is -0.408 e. The van der Waals surface area contributed by atoms with Gasteiger partial charge in [-0.25, -0.2) is 14.8 Å². The molecule has 1 aromatic carbocycles. The molecule has 2 aromatic heterocycles. The number of halogens is 1. The summed E-state index contributed by atoms with van der Waals surface area (Å²) in [5.41, 5.74) is 1.34. The number of rotatable bonds is 5. The van der Waals surface area contributed by atoms with Gasteiger partial charge in [0.25, 0.3) is 0 Å². The second-order valence-corrected chi connectivity index (χ2v) is 6.80. The van der Waals surface area contributed by atoms with E-state index >= 15 is 0 Å². The molecule has 1 fully saturated rings. The van der Waals surface area contributed by atoms with Crippen molar-refractivity contribution in [3.05, 3.63) is 52.2 Å². The van der Waals surface area contributed by atoms with Crippen LogP contribution in [0.4, 0.5) is 5.95 Å². The van der Waals surface area contributed by atoms with Gasteiger partial charge >= 0.3 is 5.76 Å². The Morgan fingerprint density at radius 2 is 1.85 bits per heavy atom. The minimum atomic E-state index is -0.326. The smallest absolute Gasteiger partial charge is 0.408 e. The Kier molecular flexibility index (Phi) is 4.90. The van der Waals surface area contributed by atoms with Gasteiger partial charge in [0.05, 0.1) is 5.52 Å². The van der Waals surface area contributed by atoms with Crippen LogP contribution in [0.25, 0.3) is 11.1 Å². The molecule has 3 aromatic rings. The Hall–Kier alpha value is -2.38. The third-order valence-electron chi connectivity index (χ3n) is 4.69. The van der Waals surface area contributed by atoms with Gasteiger partial charge in [-0.2, -0.15) is 0 Å². The highest BCUT2D eigenvalue weighted by Crippen LogP contribution is 2.18. The molecule has 136 valence electrons. The quantitative estimate of drug-likeness (QED) is 0.683. The van der Waals surface area contributed by atoms with Crippen molar-refractivity contribution < 1.29 is 4.42 Å². The molecule has 0 atom stereocenters. The average molecular weight is 374 g/mol. The molecule has 4 rings (SSSR count). The fourth-order valence-electron chi connectivity index (χ4n) is 3.33. The second kappa shape index (κ2) is 7.47. The Morgan fingerprint density at radius 3 is 2.62 bits per heavy atom. The summed E-state index contributed by atoms with van der Waals surface area (Å²) in [4.78, 5) is 25.3. The van der Waals surface area contributed by atoms with Gasteiger partial charge in [0, 0.05) is 50.1 Å². The van der Waals surface area contributed by atoms with Crippen LogP contribution in [0, 0.1) is 0 Å². The summed E-state index contributed by atoms with van der Waals surface area (Å²) in [6.07, 6.45) is 4.42. The van der Waals surface area contributed by atoms with E-state index in [4.69, 9.17) is 16.0 Å². The highest BCUT2D eigenvalue weighted by atomic mass is 35.5. The third-order valence-corrected chi connectivity index (χ3v) is 4.93. The number of hydrogen-bond acceptors (Lipinski definition) is 6. The van der Waals surface area contributed by atoms with E-state index in [0.717, 1.165) is 50.6 Å². The SMILES string of the molecule is O=c1oc2ccc(Cl)cc2n1CCCN1CCN(c2ncccn2)CC1. The number of aromatic nitrogens is 3. The van der Waals surface area contributed by atoms with Crippen LogP contribution in [-0.4, -0.2) is 52.2 Å². The number of nitrogens with zero attached hydrogens (tertiary/aromatic N) is 5. The second-order valence-electron chi connectivity index (χ2n) is 6.36. The molecule has 8 heteroatoms. The van der Waals surface area contributed by atoms with Crippen molar-refractivity contribution in [2.24, 2.45) is 0 Å². The molecule has 1 aliphatic heterocycles. The van der Waals surface area contributed by atoms with Crippen LogP contribution in [0.5, 0.6) is 0 Å². The van der Waals surface area contributed by atoms with Gasteiger partial charge in [-0.3, -0.25) is 9.47 Å². The Balaban J connectivity index is 1.32. The largest absolute Gasteiger partial charge is 0.419 e. The molecule has 0 N–H and O–H groups in total. The van der Waals surface area contributed by atoms with E-state index in [-0.39, 0.29) is 5.76 Å². The number of anilines is 1. The maximum atomic E-state index is 12.1. The first-order chi connectivity index (χ1) is 12.7. The van der Waals surface area contributed by atoms with Crippen LogP contribution in [-0.2, 0) is 6.54 Å². The van der Waals surface area contributed by atoms with Crippen molar-refractivity contribution in [3.63, 3.8) is 0 Å². The summed E-state index contributed by atoms with van der Waals surface area (Å²) < 4.78 is 6.94. The van der Waals surface area contributed by atoms with Crippen molar-refractivity contribution in [1.82, 2.24) is 19.4 Å². The number of oxazole rings is 1. The Morgan fingerprint density at radius 1 is 1.08 bits per heavy atom. The highest BCUT2D eigenvalue weighted by molar-refractivity contribution is 6.31. The van der Waals surface area contributed by atoms with E-state index in [1.54, 1.807) is 35.2 Å². The van der Waals surface area contributed by atoms with E-state index < -0.39 is 0 Å². The topological polar surface area (TPSA) is 67.4 Å². The van der Waals surface area contributed by atoms with E-state index in [1.807, 2.05) is 6.07 Å². The zero-order chi connectivity index (χ0) is 17.9. The lowest BCUT2D eigenvalue weighted by Gasteiger charge is -2.34. The van der Waals surface area contributed by atoms with Gasteiger partial charge in [-0.1, -0.05) is 11.6 Å². The molecule has 26 heavy (non-hydrogen) atoms.